The van der Waals surface area contributed by atoms with Crippen LogP contribution in [0.25, 0.3) is 0 Å². The highest BCUT2D eigenvalue weighted by Crippen LogP contribution is 2.01. The predicted octanol–water partition coefficient (Wildman–Crippen LogP) is 0.856. The van der Waals surface area contributed by atoms with Gasteiger partial charge in [-0.15, -0.1) is 0 Å². The van der Waals surface area contributed by atoms with Gasteiger partial charge in [0.15, 0.2) is 0 Å². The smallest absolute Gasteiger partial charge is 0.0946 e. The van der Waals surface area contributed by atoms with Gasteiger partial charge in [-0.05, 0) is 13.8 Å². The van der Waals surface area contributed by atoms with Crippen molar-refractivity contribution in [2.45, 2.75) is 20.0 Å². The Hall–Kier alpha value is -0.340. The normalized spacial score (nSPS) is 29.8. The maximum atomic E-state index is 5.02. The Bertz CT molecular complexity index is 109. The molecule has 8 heavy (non-hydrogen) atoms. The maximum absolute atomic E-state index is 5.02. The van der Waals surface area contributed by atoms with E-state index in [2.05, 4.69) is 18.5 Å². The van der Waals surface area contributed by atoms with Gasteiger partial charge in [0.1, 0.15) is 0 Å². The first-order valence-corrected chi connectivity index (χ1v) is 2.85. The zero-order valence-electron chi connectivity index (χ0n) is 5.27. The van der Waals surface area contributed by atoms with Gasteiger partial charge in [0.05, 0.1) is 6.10 Å². The Kier molecular flexibility index (Phi) is 1.65. The second-order valence-corrected chi connectivity index (χ2v) is 2.16. The quantitative estimate of drug-likeness (QED) is 0.470. The minimum Gasteiger partial charge on any atom is -0.294 e. The van der Waals surface area contributed by atoms with E-state index in [1.165, 1.54) is 5.57 Å². The van der Waals surface area contributed by atoms with E-state index in [0.717, 1.165) is 6.54 Å². The van der Waals surface area contributed by atoms with Crippen LogP contribution in [0.2, 0.25) is 0 Å². The Labute approximate surface area is 49.5 Å². The molecule has 0 bridgehead atoms. The molecule has 0 amide bonds. The first kappa shape index (κ1) is 5.79. The van der Waals surface area contributed by atoms with Crippen LogP contribution >= 0.6 is 0 Å². The second kappa shape index (κ2) is 2.29. The Balaban J connectivity index is 2.50. The Morgan fingerprint density at radius 3 is 3.00 bits per heavy atom. The SMILES string of the molecule is CC1=CC(C)ONC1. The third-order valence-corrected chi connectivity index (χ3v) is 1.14. The van der Waals surface area contributed by atoms with Gasteiger partial charge in [-0.25, -0.2) is 0 Å². The molecule has 1 aliphatic rings. The molecule has 2 nitrogen and oxygen atoms in total. The third kappa shape index (κ3) is 1.32. The van der Waals surface area contributed by atoms with Crippen LogP contribution in [-0.4, -0.2) is 12.6 Å². The predicted molar refractivity (Wildman–Crippen MR) is 32.3 cm³/mol. The van der Waals surface area contributed by atoms with Crippen molar-refractivity contribution >= 4 is 0 Å². The van der Waals surface area contributed by atoms with E-state index >= 15 is 0 Å². The lowest BCUT2D eigenvalue weighted by Gasteiger charge is -2.16. The van der Waals surface area contributed by atoms with Gasteiger partial charge in [0, 0.05) is 6.54 Å². The van der Waals surface area contributed by atoms with Crippen molar-refractivity contribution in [1.29, 1.82) is 0 Å². The molecule has 46 valence electrons. The second-order valence-electron chi connectivity index (χ2n) is 2.16. The van der Waals surface area contributed by atoms with Gasteiger partial charge in [-0.3, -0.25) is 4.84 Å². The number of rotatable bonds is 0. The van der Waals surface area contributed by atoms with Gasteiger partial charge >= 0.3 is 0 Å². The molecule has 1 aliphatic heterocycles. The topological polar surface area (TPSA) is 21.3 Å². The molecule has 0 aromatic carbocycles. The number of hydroxylamine groups is 1. The van der Waals surface area contributed by atoms with Crippen LogP contribution in [0.4, 0.5) is 0 Å². The molecular formula is C6H11NO. The van der Waals surface area contributed by atoms with E-state index in [1.54, 1.807) is 0 Å². The van der Waals surface area contributed by atoms with Crippen LogP contribution in [0, 0.1) is 0 Å². The van der Waals surface area contributed by atoms with Crippen molar-refractivity contribution in [3.8, 4) is 0 Å². The van der Waals surface area contributed by atoms with E-state index in [1.807, 2.05) is 6.92 Å². The summed E-state index contributed by atoms with van der Waals surface area (Å²) < 4.78 is 0. The molecular weight excluding hydrogens is 102 g/mol. The lowest BCUT2D eigenvalue weighted by molar-refractivity contribution is 0.00562. The first-order valence-electron chi connectivity index (χ1n) is 2.85. The average molecular weight is 113 g/mol. The molecule has 0 aliphatic carbocycles. The summed E-state index contributed by atoms with van der Waals surface area (Å²) in [6, 6.07) is 0. The van der Waals surface area contributed by atoms with Crippen LogP contribution < -0.4 is 5.48 Å². The van der Waals surface area contributed by atoms with E-state index in [-0.39, 0.29) is 6.10 Å². The minimum atomic E-state index is 0.240. The van der Waals surface area contributed by atoms with E-state index in [9.17, 15) is 0 Å². The largest absolute Gasteiger partial charge is 0.294 e. The van der Waals surface area contributed by atoms with E-state index in [0.29, 0.717) is 0 Å². The lowest BCUT2D eigenvalue weighted by Crippen LogP contribution is -2.27. The monoisotopic (exact) mass is 113 g/mol. The molecule has 1 unspecified atom stereocenters. The zero-order chi connectivity index (χ0) is 5.98. The van der Waals surface area contributed by atoms with Crippen molar-refractivity contribution in [3.05, 3.63) is 11.6 Å². The summed E-state index contributed by atoms with van der Waals surface area (Å²) >= 11 is 0. The van der Waals surface area contributed by atoms with Crippen LogP contribution in [-0.2, 0) is 4.84 Å². The standard InChI is InChI=1S/C6H11NO/c1-5-3-6(2)8-7-4-5/h3,6-7H,4H2,1-2H3. The van der Waals surface area contributed by atoms with Crippen LogP contribution in [0.15, 0.2) is 11.6 Å². The molecule has 0 fully saturated rings. The van der Waals surface area contributed by atoms with Gasteiger partial charge in [-0.2, -0.15) is 5.48 Å². The van der Waals surface area contributed by atoms with Gasteiger partial charge in [0.25, 0.3) is 0 Å². The molecule has 1 atom stereocenters. The molecule has 1 rings (SSSR count). The molecule has 1 N–H and O–H groups in total. The van der Waals surface area contributed by atoms with Crippen molar-refractivity contribution in [1.82, 2.24) is 5.48 Å². The summed E-state index contributed by atoms with van der Waals surface area (Å²) in [6.45, 7) is 4.96. The molecule has 1 heterocycles. The fourth-order valence-corrected chi connectivity index (χ4v) is 0.781. The maximum Gasteiger partial charge on any atom is 0.0946 e. The molecule has 0 radical (unpaired) electrons. The Morgan fingerprint density at radius 2 is 2.62 bits per heavy atom. The first-order chi connectivity index (χ1) is 3.79. The summed E-state index contributed by atoms with van der Waals surface area (Å²) in [5.41, 5.74) is 4.17. The number of hydrogen-bond donors (Lipinski definition) is 1. The minimum absolute atomic E-state index is 0.240. The Morgan fingerprint density at radius 1 is 1.88 bits per heavy atom. The molecule has 0 saturated carbocycles. The van der Waals surface area contributed by atoms with Crippen LogP contribution in [0.1, 0.15) is 13.8 Å². The zero-order valence-corrected chi connectivity index (χ0v) is 5.27. The molecule has 0 saturated heterocycles. The highest BCUT2D eigenvalue weighted by molar-refractivity contribution is 5.04. The molecule has 2 heteroatoms. The van der Waals surface area contributed by atoms with Crippen LogP contribution in [0.3, 0.4) is 0 Å². The average Bonchev–Trinajstić information content (AvgIpc) is 1.64. The van der Waals surface area contributed by atoms with E-state index in [4.69, 9.17) is 4.84 Å². The summed E-state index contributed by atoms with van der Waals surface area (Å²) in [6.07, 6.45) is 2.35. The van der Waals surface area contributed by atoms with E-state index < -0.39 is 0 Å². The summed E-state index contributed by atoms with van der Waals surface area (Å²) in [5, 5.41) is 0. The van der Waals surface area contributed by atoms with Gasteiger partial charge < -0.3 is 0 Å². The third-order valence-electron chi connectivity index (χ3n) is 1.14. The molecule has 0 aromatic rings. The lowest BCUT2D eigenvalue weighted by atomic mass is 10.2. The molecule has 0 spiro atoms. The van der Waals surface area contributed by atoms with Crippen molar-refractivity contribution < 1.29 is 4.84 Å². The summed E-state index contributed by atoms with van der Waals surface area (Å²) in [5.74, 6) is 0. The molecule has 0 aromatic heterocycles. The number of hydrogen-bond acceptors (Lipinski definition) is 2. The summed E-state index contributed by atoms with van der Waals surface area (Å²) in [4.78, 5) is 5.02. The highest BCUT2D eigenvalue weighted by Gasteiger charge is 2.03. The van der Waals surface area contributed by atoms with Crippen LogP contribution in [0.5, 0.6) is 0 Å². The fourth-order valence-electron chi connectivity index (χ4n) is 0.781. The van der Waals surface area contributed by atoms with Gasteiger partial charge in [0.2, 0.25) is 0 Å². The highest BCUT2D eigenvalue weighted by atomic mass is 16.7. The van der Waals surface area contributed by atoms with Crippen molar-refractivity contribution in [3.63, 3.8) is 0 Å². The summed E-state index contributed by atoms with van der Waals surface area (Å²) in [7, 11) is 0. The van der Waals surface area contributed by atoms with Crippen molar-refractivity contribution in [2.75, 3.05) is 6.54 Å². The van der Waals surface area contributed by atoms with Gasteiger partial charge in [-0.1, -0.05) is 11.6 Å². The fraction of sp³-hybridized carbons (Fsp3) is 0.667. The number of nitrogens with one attached hydrogen (secondary N) is 1. The van der Waals surface area contributed by atoms with Crippen molar-refractivity contribution in [2.24, 2.45) is 0 Å².